The van der Waals surface area contributed by atoms with E-state index in [1.54, 1.807) is 32.5 Å². The van der Waals surface area contributed by atoms with Crippen molar-refractivity contribution in [1.82, 2.24) is 20.2 Å². The molecule has 0 spiro atoms. The number of ether oxygens (including phenoxy) is 2. The molecular formula is C24H20F2N6O2. The molecule has 0 fully saturated rings. The molecule has 5 rings (SSSR count). The molecule has 172 valence electrons. The first-order valence-corrected chi connectivity index (χ1v) is 10.4. The monoisotopic (exact) mass is 462 g/mol. The van der Waals surface area contributed by atoms with E-state index in [2.05, 4.69) is 30.8 Å². The van der Waals surface area contributed by atoms with Crippen LogP contribution in [0.5, 0.6) is 11.5 Å². The summed E-state index contributed by atoms with van der Waals surface area (Å²) in [5, 5.41) is 14.9. The van der Waals surface area contributed by atoms with Crippen LogP contribution in [0.15, 0.2) is 54.7 Å². The van der Waals surface area contributed by atoms with Crippen LogP contribution in [0.3, 0.4) is 0 Å². The van der Waals surface area contributed by atoms with Gasteiger partial charge in [0.2, 0.25) is 5.95 Å². The number of aromatic nitrogens is 4. The van der Waals surface area contributed by atoms with Crippen LogP contribution in [0.1, 0.15) is 5.56 Å². The zero-order valence-electron chi connectivity index (χ0n) is 18.3. The fourth-order valence-corrected chi connectivity index (χ4v) is 3.63. The second kappa shape index (κ2) is 8.81. The van der Waals surface area contributed by atoms with Gasteiger partial charge in [-0.05, 0) is 30.3 Å². The average molecular weight is 462 g/mol. The summed E-state index contributed by atoms with van der Waals surface area (Å²) in [5.74, 6) is 0.527. The van der Waals surface area contributed by atoms with Gasteiger partial charge in [-0.1, -0.05) is 6.07 Å². The average Bonchev–Trinajstić information content (AvgIpc) is 3.30. The van der Waals surface area contributed by atoms with E-state index < -0.39 is 11.6 Å². The number of nitrogens with zero attached hydrogens (tertiary/aromatic N) is 3. The molecule has 0 bridgehead atoms. The largest absolute Gasteiger partial charge is 0.493 e. The number of fused-ring (bicyclic) bond motifs is 2. The van der Waals surface area contributed by atoms with Crippen molar-refractivity contribution in [3.63, 3.8) is 0 Å². The minimum absolute atomic E-state index is 0.0747. The maximum absolute atomic E-state index is 14.1. The van der Waals surface area contributed by atoms with Gasteiger partial charge in [-0.25, -0.2) is 13.8 Å². The summed E-state index contributed by atoms with van der Waals surface area (Å²) >= 11 is 0. The lowest BCUT2D eigenvalue weighted by Gasteiger charge is -2.15. The van der Waals surface area contributed by atoms with E-state index in [4.69, 9.17) is 9.47 Å². The Hall–Kier alpha value is -4.47. The molecule has 10 heteroatoms. The lowest BCUT2D eigenvalue weighted by atomic mass is 10.2. The molecule has 3 aromatic carbocycles. The van der Waals surface area contributed by atoms with Crippen LogP contribution in [0, 0.1) is 11.6 Å². The topological polar surface area (TPSA) is 97.0 Å². The first kappa shape index (κ1) is 21.4. The SMILES string of the molecule is COc1cc2nc(NCc3ccc(F)cc3F)nc(Nc3ccc4[nH]ncc4c3)c2cc1OC. The van der Waals surface area contributed by atoms with Crippen molar-refractivity contribution in [1.29, 1.82) is 0 Å². The zero-order valence-corrected chi connectivity index (χ0v) is 18.3. The van der Waals surface area contributed by atoms with Crippen LogP contribution in [-0.2, 0) is 6.54 Å². The molecule has 0 aliphatic heterocycles. The van der Waals surface area contributed by atoms with Gasteiger partial charge >= 0.3 is 0 Å². The quantitative estimate of drug-likeness (QED) is 0.308. The first-order chi connectivity index (χ1) is 16.5. The van der Waals surface area contributed by atoms with Crippen LogP contribution in [-0.4, -0.2) is 34.4 Å². The van der Waals surface area contributed by atoms with Crippen molar-refractivity contribution < 1.29 is 18.3 Å². The summed E-state index contributed by atoms with van der Waals surface area (Å²) in [7, 11) is 3.10. The van der Waals surface area contributed by atoms with Crippen LogP contribution in [0.25, 0.3) is 21.8 Å². The fourth-order valence-electron chi connectivity index (χ4n) is 3.63. The Morgan fingerprint density at radius 2 is 1.76 bits per heavy atom. The Balaban J connectivity index is 1.55. The van der Waals surface area contributed by atoms with Crippen molar-refractivity contribution in [2.75, 3.05) is 24.9 Å². The molecule has 0 saturated heterocycles. The van der Waals surface area contributed by atoms with Gasteiger partial charge < -0.3 is 20.1 Å². The number of halogens is 2. The molecule has 0 unspecified atom stereocenters. The summed E-state index contributed by atoms with van der Waals surface area (Å²) in [4.78, 5) is 9.16. The number of anilines is 3. The lowest BCUT2D eigenvalue weighted by Crippen LogP contribution is -2.08. The summed E-state index contributed by atoms with van der Waals surface area (Å²) in [6.07, 6.45) is 1.73. The Morgan fingerprint density at radius 1 is 0.941 bits per heavy atom. The highest BCUT2D eigenvalue weighted by molar-refractivity contribution is 5.95. The van der Waals surface area contributed by atoms with Gasteiger partial charge in [0.15, 0.2) is 11.5 Å². The molecule has 2 heterocycles. The molecular weight excluding hydrogens is 442 g/mol. The van der Waals surface area contributed by atoms with E-state index in [1.807, 2.05) is 18.2 Å². The van der Waals surface area contributed by atoms with E-state index in [-0.39, 0.29) is 18.1 Å². The van der Waals surface area contributed by atoms with Crippen molar-refractivity contribution >= 4 is 39.3 Å². The minimum Gasteiger partial charge on any atom is -0.493 e. The molecule has 2 aromatic heterocycles. The van der Waals surface area contributed by atoms with E-state index in [0.717, 1.165) is 22.7 Å². The standard InChI is InChI=1S/C24H20F2N6O2/c1-33-21-9-17-20(10-22(21)34-2)30-24(27-11-13-3-4-15(25)8-18(13)26)31-23(17)29-16-5-6-19-14(7-16)12-28-32-19/h3-10,12H,11H2,1-2H3,(H,28,32)(H2,27,29,30,31). The molecule has 0 aliphatic rings. The van der Waals surface area contributed by atoms with Gasteiger partial charge in [0, 0.05) is 40.7 Å². The zero-order chi connectivity index (χ0) is 23.7. The van der Waals surface area contributed by atoms with Gasteiger partial charge in [0.25, 0.3) is 0 Å². The van der Waals surface area contributed by atoms with Gasteiger partial charge in [0.05, 0.1) is 31.4 Å². The summed E-state index contributed by atoms with van der Waals surface area (Å²) in [6, 6.07) is 12.7. The van der Waals surface area contributed by atoms with Crippen LogP contribution < -0.4 is 20.1 Å². The number of H-pyrrole nitrogens is 1. The molecule has 8 nitrogen and oxygen atoms in total. The second-order valence-corrected chi connectivity index (χ2v) is 7.51. The normalized spacial score (nSPS) is 11.1. The molecule has 0 aliphatic carbocycles. The number of hydrogen-bond acceptors (Lipinski definition) is 7. The molecule has 0 amide bonds. The van der Waals surface area contributed by atoms with Crippen LogP contribution in [0.2, 0.25) is 0 Å². The van der Waals surface area contributed by atoms with Gasteiger partial charge in [-0.2, -0.15) is 10.1 Å². The fraction of sp³-hybridized carbons (Fsp3) is 0.125. The minimum atomic E-state index is -0.647. The van der Waals surface area contributed by atoms with Crippen molar-refractivity contribution in [2.45, 2.75) is 6.54 Å². The molecule has 34 heavy (non-hydrogen) atoms. The smallest absolute Gasteiger partial charge is 0.225 e. The predicted octanol–water partition coefficient (Wildman–Crippen LogP) is 5.16. The highest BCUT2D eigenvalue weighted by Crippen LogP contribution is 2.35. The summed E-state index contributed by atoms with van der Waals surface area (Å²) < 4.78 is 38.2. The number of nitrogens with one attached hydrogen (secondary N) is 3. The number of rotatable bonds is 7. The second-order valence-electron chi connectivity index (χ2n) is 7.51. The van der Waals surface area contributed by atoms with E-state index >= 15 is 0 Å². The summed E-state index contributed by atoms with van der Waals surface area (Å²) in [5.41, 5.74) is 2.58. The van der Waals surface area contributed by atoms with Crippen molar-refractivity contribution in [2.24, 2.45) is 0 Å². The summed E-state index contributed by atoms with van der Waals surface area (Å²) in [6.45, 7) is 0.0747. The molecule has 0 atom stereocenters. The Bertz CT molecular complexity index is 1500. The number of aromatic amines is 1. The molecule has 3 N–H and O–H groups in total. The third-order valence-corrected chi connectivity index (χ3v) is 5.36. The number of benzene rings is 3. The molecule has 0 saturated carbocycles. The Kier molecular flexibility index (Phi) is 5.54. The van der Waals surface area contributed by atoms with E-state index in [0.29, 0.717) is 28.2 Å². The Morgan fingerprint density at radius 3 is 2.56 bits per heavy atom. The van der Waals surface area contributed by atoms with E-state index in [1.165, 1.54) is 12.1 Å². The third kappa shape index (κ3) is 4.13. The van der Waals surface area contributed by atoms with Gasteiger partial charge in [-0.15, -0.1) is 0 Å². The maximum atomic E-state index is 14.1. The van der Waals surface area contributed by atoms with Crippen LogP contribution in [0.4, 0.5) is 26.2 Å². The van der Waals surface area contributed by atoms with Crippen LogP contribution >= 0.6 is 0 Å². The van der Waals surface area contributed by atoms with Gasteiger partial charge in [0.1, 0.15) is 17.5 Å². The van der Waals surface area contributed by atoms with Gasteiger partial charge in [-0.3, -0.25) is 5.10 Å². The highest BCUT2D eigenvalue weighted by atomic mass is 19.1. The Labute approximate surface area is 192 Å². The number of methoxy groups -OCH3 is 2. The van der Waals surface area contributed by atoms with E-state index in [9.17, 15) is 8.78 Å². The maximum Gasteiger partial charge on any atom is 0.225 e. The first-order valence-electron chi connectivity index (χ1n) is 10.4. The lowest BCUT2D eigenvalue weighted by molar-refractivity contribution is 0.356. The van der Waals surface area contributed by atoms with Crippen molar-refractivity contribution in [3.8, 4) is 11.5 Å². The van der Waals surface area contributed by atoms with Crippen molar-refractivity contribution in [3.05, 3.63) is 71.9 Å². The third-order valence-electron chi connectivity index (χ3n) is 5.36. The predicted molar refractivity (Wildman–Crippen MR) is 126 cm³/mol. The molecule has 5 aromatic rings. The number of hydrogen-bond donors (Lipinski definition) is 3. The molecule has 0 radical (unpaired) electrons. The highest BCUT2D eigenvalue weighted by Gasteiger charge is 2.14.